The van der Waals surface area contributed by atoms with Crippen LogP contribution < -0.4 is 5.32 Å². The maximum absolute atomic E-state index is 11.3. The van der Waals surface area contributed by atoms with E-state index in [0.717, 1.165) is 24.3 Å². The van der Waals surface area contributed by atoms with E-state index in [0.29, 0.717) is 13.0 Å². The molecule has 0 bridgehead atoms. The van der Waals surface area contributed by atoms with Crippen molar-refractivity contribution in [2.75, 3.05) is 13.1 Å². The lowest BCUT2D eigenvalue weighted by atomic mass is 9.77. The van der Waals surface area contributed by atoms with Crippen LogP contribution in [0.15, 0.2) is 6.20 Å². The summed E-state index contributed by atoms with van der Waals surface area (Å²) in [5.74, 6) is -0.719. The van der Waals surface area contributed by atoms with Crippen LogP contribution in [-0.4, -0.2) is 33.8 Å². The Labute approximate surface area is 91.7 Å². The molecule has 6 heteroatoms. The van der Waals surface area contributed by atoms with Crippen LogP contribution in [-0.2, 0) is 11.2 Å². The highest BCUT2D eigenvalue weighted by atomic mass is 32.1. The van der Waals surface area contributed by atoms with Crippen molar-refractivity contribution in [2.45, 2.75) is 19.3 Å². The van der Waals surface area contributed by atoms with E-state index in [2.05, 4.69) is 14.9 Å². The molecule has 0 aliphatic carbocycles. The Hall–Kier alpha value is -1.01. The normalized spacial score (nSPS) is 26.4. The first-order chi connectivity index (χ1) is 7.23. The van der Waals surface area contributed by atoms with Gasteiger partial charge in [0.2, 0.25) is 0 Å². The average molecular weight is 227 g/mol. The van der Waals surface area contributed by atoms with Gasteiger partial charge in [0.05, 0.1) is 11.6 Å². The Kier molecular flexibility index (Phi) is 2.97. The van der Waals surface area contributed by atoms with Crippen molar-refractivity contribution >= 4 is 17.5 Å². The third kappa shape index (κ3) is 2.15. The molecule has 0 saturated carbocycles. The number of piperidine rings is 1. The van der Waals surface area contributed by atoms with Gasteiger partial charge in [0.15, 0.2) is 0 Å². The van der Waals surface area contributed by atoms with E-state index in [-0.39, 0.29) is 0 Å². The molecule has 1 unspecified atom stereocenters. The molecule has 0 radical (unpaired) electrons. The summed E-state index contributed by atoms with van der Waals surface area (Å²) >= 11 is 1.28. The van der Waals surface area contributed by atoms with Gasteiger partial charge >= 0.3 is 5.97 Å². The molecule has 15 heavy (non-hydrogen) atoms. The van der Waals surface area contributed by atoms with Crippen molar-refractivity contribution in [3.8, 4) is 0 Å². The number of nitrogens with one attached hydrogen (secondary N) is 1. The molecular formula is C9H13N3O2S. The van der Waals surface area contributed by atoms with Crippen molar-refractivity contribution < 1.29 is 9.90 Å². The van der Waals surface area contributed by atoms with Crippen LogP contribution >= 0.6 is 11.5 Å². The minimum atomic E-state index is -0.719. The van der Waals surface area contributed by atoms with Gasteiger partial charge in [-0.25, -0.2) is 0 Å². The molecule has 1 saturated heterocycles. The lowest BCUT2D eigenvalue weighted by Crippen LogP contribution is -2.46. The summed E-state index contributed by atoms with van der Waals surface area (Å²) in [6.07, 6.45) is 3.84. The minimum Gasteiger partial charge on any atom is -0.481 e. The molecule has 1 aromatic rings. The first-order valence-electron chi connectivity index (χ1n) is 4.93. The second-order valence-electron chi connectivity index (χ2n) is 3.93. The predicted molar refractivity (Wildman–Crippen MR) is 55.8 cm³/mol. The molecule has 5 nitrogen and oxygen atoms in total. The second kappa shape index (κ2) is 4.24. The first kappa shape index (κ1) is 10.5. The zero-order valence-corrected chi connectivity index (χ0v) is 9.09. The number of nitrogens with zero attached hydrogens (tertiary/aromatic N) is 2. The molecule has 0 amide bonds. The van der Waals surface area contributed by atoms with Gasteiger partial charge in [0.25, 0.3) is 0 Å². The van der Waals surface area contributed by atoms with Crippen LogP contribution in [0.2, 0.25) is 0 Å². The molecule has 2 N–H and O–H groups in total. The van der Waals surface area contributed by atoms with E-state index < -0.39 is 11.4 Å². The number of carboxylic acid groups (broad SMARTS) is 1. The van der Waals surface area contributed by atoms with Gasteiger partial charge in [-0.05, 0) is 30.9 Å². The molecule has 2 heterocycles. The number of carboxylic acids is 1. The van der Waals surface area contributed by atoms with Gasteiger partial charge in [-0.3, -0.25) is 4.79 Å². The Bertz CT molecular complexity index is 333. The quantitative estimate of drug-likeness (QED) is 0.788. The summed E-state index contributed by atoms with van der Waals surface area (Å²) in [6, 6.07) is 0. The topological polar surface area (TPSA) is 75.1 Å². The van der Waals surface area contributed by atoms with Crippen molar-refractivity contribution in [1.82, 2.24) is 14.9 Å². The third-order valence-electron chi connectivity index (χ3n) is 2.85. The third-order valence-corrected chi connectivity index (χ3v) is 3.51. The van der Waals surface area contributed by atoms with E-state index in [1.165, 1.54) is 11.5 Å². The van der Waals surface area contributed by atoms with Crippen LogP contribution in [0, 0.1) is 5.41 Å². The fourth-order valence-corrected chi connectivity index (χ4v) is 2.61. The first-order valence-corrected chi connectivity index (χ1v) is 5.71. The Morgan fingerprint density at radius 1 is 1.73 bits per heavy atom. The zero-order chi connectivity index (χ0) is 10.7. The van der Waals surface area contributed by atoms with Crippen LogP contribution in [0.1, 0.15) is 17.7 Å². The predicted octanol–water partition coefficient (Wildman–Crippen LogP) is 0.535. The molecule has 1 aliphatic rings. The molecule has 1 atom stereocenters. The highest BCUT2D eigenvalue weighted by Gasteiger charge is 2.40. The average Bonchev–Trinajstić information content (AvgIpc) is 2.71. The van der Waals surface area contributed by atoms with E-state index in [9.17, 15) is 9.90 Å². The summed E-state index contributed by atoms with van der Waals surface area (Å²) in [5.41, 5.74) is -0.660. The summed E-state index contributed by atoms with van der Waals surface area (Å²) in [5, 5.41) is 16.2. The zero-order valence-electron chi connectivity index (χ0n) is 8.27. The van der Waals surface area contributed by atoms with E-state index in [1.807, 2.05) is 0 Å². The number of aromatic nitrogens is 2. The molecule has 0 spiro atoms. The molecule has 1 fully saturated rings. The van der Waals surface area contributed by atoms with Gasteiger partial charge in [-0.15, -0.1) is 5.10 Å². The molecule has 1 aromatic heterocycles. The van der Waals surface area contributed by atoms with Gasteiger partial charge in [0.1, 0.15) is 0 Å². The summed E-state index contributed by atoms with van der Waals surface area (Å²) < 4.78 is 3.76. The van der Waals surface area contributed by atoms with Gasteiger partial charge in [0, 0.05) is 17.8 Å². The Morgan fingerprint density at radius 2 is 2.60 bits per heavy atom. The maximum atomic E-state index is 11.3. The Morgan fingerprint density at radius 3 is 3.13 bits per heavy atom. The van der Waals surface area contributed by atoms with E-state index in [4.69, 9.17) is 0 Å². The summed E-state index contributed by atoms with van der Waals surface area (Å²) in [6.45, 7) is 1.45. The molecule has 2 rings (SSSR count). The van der Waals surface area contributed by atoms with Crippen molar-refractivity contribution in [3.63, 3.8) is 0 Å². The summed E-state index contributed by atoms with van der Waals surface area (Å²) in [7, 11) is 0. The fourth-order valence-electron chi connectivity index (χ4n) is 1.98. The number of carbonyl (C=O) groups is 1. The van der Waals surface area contributed by atoms with Crippen LogP contribution in [0.4, 0.5) is 0 Å². The number of hydrogen-bond acceptors (Lipinski definition) is 5. The van der Waals surface area contributed by atoms with E-state index in [1.54, 1.807) is 6.20 Å². The number of rotatable bonds is 3. The smallest absolute Gasteiger partial charge is 0.311 e. The molecule has 82 valence electrons. The van der Waals surface area contributed by atoms with Gasteiger partial charge in [-0.1, -0.05) is 4.49 Å². The monoisotopic (exact) mass is 227 g/mol. The summed E-state index contributed by atoms with van der Waals surface area (Å²) in [4.78, 5) is 12.3. The van der Waals surface area contributed by atoms with Gasteiger partial charge < -0.3 is 10.4 Å². The van der Waals surface area contributed by atoms with Gasteiger partial charge in [-0.2, -0.15) is 0 Å². The maximum Gasteiger partial charge on any atom is 0.311 e. The van der Waals surface area contributed by atoms with Crippen molar-refractivity contribution in [1.29, 1.82) is 0 Å². The largest absolute Gasteiger partial charge is 0.481 e. The van der Waals surface area contributed by atoms with E-state index >= 15 is 0 Å². The number of aliphatic carboxylic acids is 1. The Balaban J connectivity index is 2.15. The second-order valence-corrected chi connectivity index (χ2v) is 4.80. The number of hydrogen-bond donors (Lipinski definition) is 2. The van der Waals surface area contributed by atoms with Crippen LogP contribution in [0.3, 0.4) is 0 Å². The fraction of sp³-hybridized carbons (Fsp3) is 0.667. The standard InChI is InChI=1S/C9H13N3O2S/c13-8(14)9(2-1-3-10-6-9)4-7-5-11-12-15-7/h5,10H,1-4,6H2,(H,13,14). The van der Waals surface area contributed by atoms with Crippen molar-refractivity contribution in [2.24, 2.45) is 5.41 Å². The molecule has 1 aliphatic heterocycles. The highest BCUT2D eigenvalue weighted by Crippen LogP contribution is 2.31. The molecule has 0 aromatic carbocycles. The SMILES string of the molecule is O=C(O)C1(Cc2cnns2)CCCNC1. The van der Waals surface area contributed by atoms with Crippen LogP contribution in [0.25, 0.3) is 0 Å². The van der Waals surface area contributed by atoms with Crippen molar-refractivity contribution in [3.05, 3.63) is 11.1 Å². The molecular weight excluding hydrogens is 214 g/mol. The lowest BCUT2D eigenvalue weighted by Gasteiger charge is -2.33. The lowest BCUT2D eigenvalue weighted by molar-refractivity contribution is -0.150. The van der Waals surface area contributed by atoms with Crippen LogP contribution in [0.5, 0.6) is 0 Å². The minimum absolute atomic E-state index is 0.535. The highest BCUT2D eigenvalue weighted by molar-refractivity contribution is 7.05.